The van der Waals surface area contributed by atoms with Gasteiger partial charge in [0.05, 0.1) is 12.0 Å². The van der Waals surface area contributed by atoms with Crippen LogP contribution < -0.4 is 9.46 Å². The van der Waals surface area contributed by atoms with E-state index in [2.05, 4.69) is 25.4 Å². The molecule has 6 nitrogen and oxygen atoms in total. The number of nitrogens with one attached hydrogen (secondary N) is 1. The molecule has 0 heterocycles. The van der Waals surface area contributed by atoms with E-state index in [-0.39, 0.29) is 11.5 Å². The molecule has 0 aliphatic carbocycles. The molecule has 0 aliphatic rings. The lowest BCUT2D eigenvalue weighted by Gasteiger charge is -2.09. The number of carbonyl (C=O) groups excluding carboxylic acids is 1. The molecular formula is C15H14BrNO5S. The monoisotopic (exact) mass is 399 g/mol. The van der Waals surface area contributed by atoms with Gasteiger partial charge in [-0.3, -0.25) is 4.72 Å². The number of ether oxygens (including phenoxy) is 2. The Morgan fingerprint density at radius 2 is 1.87 bits per heavy atom. The van der Waals surface area contributed by atoms with Gasteiger partial charge in [0.1, 0.15) is 5.75 Å². The van der Waals surface area contributed by atoms with Gasteiger partial charge in [0.2, 0.25) is 0 Å². The SMILES string of the molecule is COC(=O)COc1ccc(S(=O)(=O)Nc2cccc(Br)c2)cc1. The van der Waals surface area contributed by atoms with Gasteiger partial charge in [-0.2, -0.15) is 0 Å². The lowest BCUT2D eigenvalue weighted by Crippen LogP contribution is -2.14. The van der Waals surface area contributed by atoms with Crippen LogP contribution in [0.3, 0.4) is 0 Å². The lowest BCUT2D eigenvalue weighted by atomic mass is 10.3. The number of halogens is 1. The average molecular weight is 400 g/mol. The van der Waals surface area contributed by atoms with E-state index >= 15 is 0 Å². The third-order valence-electron chi connectivity index (χ3n) is 2.80. The molecule has 0 atom stereocenters. The molecule has 1 N–H and O–H groups in total. The number of carbonyl (C=O) groups is 1. The van der Waals surface area contributed by atoms with Gasteiger partial charge < -0.3 is 9.47 Å². The summed E-state index contributed by atoms with van der Waals surface area (Å²) < 4.78 is 37.5. The second-order valence-corrected chi connectivity index (χ2v) is 7.05. The van der Waals surface area contributed by atoms with E-state index in [4.69, 9.17) is 4.74 Å². The van der Waals surface area contributed by atoms with Crippen LogP contribution in [-0.4, -0.2) is 28.1 Å². The molecule has 2 aromatic rings. The number of hydrogen-bond donors (Lipinski definition) is 1. The van der Waals surface area contributed by atoms with Crippen molar-refractivity contribution in [3.05, 3.63) is 53.0 Å². The summed E-state index contributed by atoms with van der Waals surface area (Å²) >= 11 is 3.28. The molecule has 0 fully saturated rings. The molecule has 0 amide bonds. The number of hydrogen-bond acceptors (Lipinski definition) is 5. The summed E-state index contributed by atoms with van der Waals surface area (Å²) in [7, 11) is -2.44. The fourth-order valence-electron chi connectivity index (χ4n) is 1.68. The van der Waals surface area contributed by atoms with E-state index < -0.39 is 16.0 Å². The molecule has 8 heteroatoms. The molecule has 0 saturated heterocycles. The molecule has 0 saturated carbocycles. The Morgan fingerprint density at radius 3 is 2.48 bits per heavy atom. The number of anilines is 1. The van der Waals surface area contributed by atoms with Crippen molar-refractivity contribution in [3.63, 3.8) is 0 Å². The number of rotatable bonds is 6. The van der Waals surface area contributed by atoms with Crippen LogP contribution in [0.4, 0.5) is 5.69 Å². The summed E-state index contributed by atoms with van der Waals surface area (Å²) in [6.45, 7) is -0.237. The van der Waals surface area contributed by atoms with E-state index in [1.54, 1.807) is 24.3 Å². The summed E-state index contributed by atoms with van der Waals surface area (Å²) in [5, 5.41) is 0. The van der Waals surface area contributed by atoms with Crippen LogP contribution in [0.25, 0.3) is 0 Å². The minimum Gasteiger partial charge on any atom is -0.482 e. The Bertz CT molecular complexity index is 790. The number of esters is 1. The third-order valence-corrected chi connectivity index (χ3v) is 4.69. The maximum Gasteiger partial charge on any atom is 0.343 e. The average Bonchev–Trinajstić information content (AvgIpc) is 2.52. The van der Waals surface area contributed by atoms with Gasteiger partial charge in [-0.25, -0.2) is 13.2 Å². The number of benzene rings is 2. The summed E-state index contributed by atoms with van der Waals surface area (Å²) in [5.41, 5.74) is 0.449. The normalized spacial score (nSPS) is 10.9. The summed E-state index contributed by atoms with van der Waals surface area (Å²) in [4.78, 5) is 11.1. The molecule has 0 unspecified atom stereocenters. The van der Waals surface area contributed by atoms with Crippen molar-refractivity contribution in [2.45, 2.75) is 4.90 Å². The van der Waals surface area contributed by atoms with Crippen LogP contribution in [0.5, 0.6) is 5.75 Å². The Hall–Kier alpha value is -2.06. The first-order valence-electron chi connectivity index (χ1n) is 6.49. The number of sulfonamides is 1. The van der Waals surface area contributed by atoms with E-state index in [1.807, 2.05) is 0 Å². The molecule has 0 aliphatic heterocycles. The van der Waals surface area contributed by atoms with Crippen LogP contribution in [-0.2, 0) is 19.6 Å². The predicted octanol–water partition coefficient (Wildman–Crippen LogP) is 2.80. The predicted molar refractivity (Wildman–Crippen MR) is 88.9 cm³/mol. The molecule has 0 radical (unpaired) electrons. The van der Waals surface area contributed by atoms with E-state index in [1.165, 1.54) is 31.4 Å². The van der Waals surface area contributed by atoms with Crippen molar-refractivity contribution in [2.75, 3.05) is 18.4 Å². The van der Waals surface area contributed by atoms with Gasteiger partial charge >= 0.3 is 5.97 Å². The first-order chi connectivity index (χ1) is 10.9. The van der Waals surface area contributed by atoms with Gasteiger partial charge in [0, 0.05) is 10.2 Å². The van der Waals surface area contributed by atoms with Gasteiger partial charge in [0.25, 0.3) is 10.0 Å². The van der Waals surface area contributed by atoms with Crippen LogP contribution in [0.15, 0.2) is 57.9 Å². The maximum absolute atomic E-state index is 12.3. The minimum absolute atomic E-state index is 0.0860. The fourth-order valence-corrected chi connectivity index (χ4v) is 3.13. The van der Waals surface area contributed by atoms with Gasteiger partial charge in [-0.1, -0.05) is 22.0 Å². The highest BCUT2D eigenvalue weighted by Gasteiger charge is 2.14. The highest BCUT2D eigenvalue weighted by atomic mass is 79.9. The summed E-state index contributed by atoms with van der Waals surface area (Å²) in [5.74, 6) is -0.144. The minimum atomic E-state index is -3.70. The Labute approximate surface area is 142 Å². The molecule has 0 spiro atoms. The highest BCUT2D eigenvalue weighted by molar-refractivity contribution is 9.10. The summed E-state index contributed by atoms with van der Waals surface area (Å²) in [6.07, 6.45) is 0. The van der Waals surface area contributed by atoms with Crippen molar-refractivity contribution in [3.8, 4) is 5.75 Å². The van der Waals surface area contributed by atoms with Crippen molar-refractivity contribution in [1.82, 2.24) is 0 Å². The van der Waals surface area contributed by atoms with E-state index in [0.29, 0.717) is 11.4 Å². The standard InChI is InChI=1S/C15H14BrNO5S/c1-21-15(18)10-22-13-5-7-14(8-6-13)23(19,20)17-12-4-2-3-11(16)9-12/h2-9,17H,10H2,1H3. The molecule has 0 bridgehead atoms. The Kier molecular flexibility index (Phi) is 5.62. The third kappa shape index (κ3) is 4.97. The fraction of sp³-hybridized carbons (Fsp3) is 0.133. The highest BCUT2D eigenvalue weighted by Crippen LogP contribution is 2.21. The lowest BCUT2D eigenvalue weighted by molar-refractivity contribution is -0.142. The maximum atomic E-state index is 12.3. The van der Waals surface area contributed by atoms with Crippen LogP contribution in [0.2, 0.25) is 0 Å². The van der Waals surface area contributed by atoms with E-state index in [9.17, 15) is 13.2 Å². The van der Waals surface area contributed by atoms with E-state index in [0.717, 1.165) is 4.47 Å². The van der Waals surface area contributed by atoms with Crippen LogP contribution >= 0.6 is 15.9 Å². The molecule has 2 rings (SSSR count). The molecule has 0 aromatic heterocycles. The zero-order valence-electron chi connectivity index (χ0n) is 12.2. The number of methoxy groups -OCH3 is 1. The Balaban J connectivity index is 2.09. The van der Waals surface area contributed by atoms with Crippen LogP contribution in [0.1, 0.15) is 0 Å². The van der Waals surface area contributed by atoms with Crippen molar-refractivity contribution in [2.24, 2.45) is 0 Å². The quantitative estimate of drug-likeness (QED) is 0.755. The van der Waals surface area contributed by atoms with Gasteiger partial charge in [0.15, 0.2) is 6.61 Å². The topological polar surface area (TPSA) is 81.7 Å². The summed E-state index contributed by atoms with van der Waals surface area (Å²) in [6, 6.07) is 12.6. The first kappa shape index (κ1) is 17.3. The molecule has 2 aromatic carbocycles. The molecule has 122 valence electrons. The van der Waals surface area contributed by atoms with Crippen molar-refractivity contribution in [1.29, 1.82) is 0 Å². The Morgan fingerprint density at radius 1 is 1.17 bits per heavy atom. The van der Waals surface area contributed by atoms with Crippen molar-refractivity contribution < 1.29 is 22.7 Å². The zero-order valence-corrected chi connectivity index (χ0v) is 14.6. The van der Waals surface area contributed by atoms with Gasteiger partial charge in [-0.05, 0) is 42.5 Å². The first-order valence-corrected chi connectivity index (χ1v) is 8.76. The second kappa shape index (κ2) is 7.47. The molecule has 23 heavy (non-hydrogen) atoms. The van der Waals surface area contributed by atoms with Gasteiger partial charge in [-0.15, -0.1) is 0 Å². The molecular weight excluding hydrogens is 386 g/mol. The smallest absolute Gasteiger partial charge is 0.343 e. The largest absolute Gasteiger partial charge is 0.482 e. The van der Waals surface area contributed by atoms with Crippen molar-refractivity contribution >= 4 is 37.6 Å². The van der Waals surface area contributed by atoms with Crippen LogP contribution in [0, 0.1) is 0 Å². The zero-order chi connectivity index (χ0) is 16.9. The second-order valence-electron chi connectivity index (χ2n) is 4.45.